The second-order valence-corrected chi connectivity index (χ2v) is 5.90. The Morgan fingerprint density at radius 1 is 1.26 bits per heavy atom. The molecule has 1 aromatic heterocycles. The fraction of sp³-hybridized carbons (Fsp3) is 0.353. The number of hydrogen-bond donors (Lipinski definition) is 1. The maximum absolute atomic E-state index is 12.5. The summed E-state index contributed by atoms with van der Waals surface area (Å²) in [5, 5.41) is 13.2. The number of aryl methyl sites for hydroxylation is 1. The van der Waals surface area contributed by atoms with Crippen molar-refractivity contribution in [1.29, 1.82) is 0 Å². The van der Waals surface area contributed by atoms with Gasteiger partial charge in [-0.3, -0.25) is 9.59 Å². The van der Waals surface area contributed by atoms with E-state index in [1.165, 1.54) is 18.1 Å². The summed E-state index contributed by atoms with van der Waals surface area (Å²) in [6.45, 7) is 5.63. The van der Waals surface area contributed by atoms with E-state index in [1.54, 1.807) is 4.68 Å². The zero-order valence-electron chi connectivity index (χ0n) is 13.8. The number of aromatic nitrogens is 2. The number of likely N-dealkylation sites (N-methyl/N-ethyl adjacent to an activating group) is 1. The Bertz CT molecular complexity index is 717. The summed E-state index contributed by atoms with van der Waals surface area (Å²) in [7, 11) is 1.48. The summed E-state index contributed by atoms with van der Waals surface area (Å²) in [5.74, 6) is -1.32. The molecule has 0 atom stereocenters. The van der Waals surface area contributed by atoms with Crippen molar-refractivity contribution in [2.75, 3.05) is 13.6 Å². The van der Waals surface area contributed by atoms with Crippen molar-refractivity contribution < 1.29 is 14.7 Å². The van der Waals surface area contributed by atoms with Crippen molar-refractivity contribution in [3.05, 3.63) is 47.3 Å². The molecule has 0 fully saturated rings. The van der Waals surface area contributed by atoms with Crippen LogP contribution in [0.15, 0.2) is 30.5 Å². The molecule has 0 saturated heterocycles. The van der Waals surface area contributed by atoms with Crippen molar-refractivity contribution in [1.82, 2.24) is 14.7 Å². The molecule has 1 amide bonds. The normalized spacial score (nSPS) is 10.8. The second-order valence-electron chi connectivity index (χ2n) is 5.90. The van der Waals surface area contributed by atoms with Crippen LogP contribution in [-0.2, 0) is 4.79 Å². The predicted molar refractivity (Wildman–Crippen MR) is 87.0 cm³/mol. The third-order valence-corrected chi connectivity index (χ3v) is 3.58. The number of carbonyl (C=O) groups excluding carboxylic acids is 1. The lowest BCUT2D eigenvalue weighted by Crippen LogP contribution is -2.32. The van der Waals surface area contributed by atoms with Gasteiger partial charge in [-0.1, -0.05) is 31.5 Å². The molecule has 0 aliphatic heterocycles. The van der Waals surface area contributed by atoms with Crippen LogP contribution in [0.5, 0.6) is 0 Å². The van der Waals surface area contributed by atoms with Crippen molar-refractivity contribution in [3.63, 3.8) is 0 Å². The molecule has 0 aliphatic rings. The molecular formula is C17H21N3O3. The lowest BCUT2D eigenvalue weighted by molar-refractivity contribution is -0.137. The molecule has 0 spiro atoms. The average molecular weight is 315 g/mol. The zero-order valence-corrected chi connectivity index (χ0v) is 13.8. The molecule has 6 nitrogen and oxygen atoms in total. The lowest BCUT2D eigenvalue weighted by atomic mass is 10.0. The van der Waals surface area contributed by atoms with E-state index in [-0.39, 0.29) is 18.4 Å². The largest absolute Gasteiger partial charge is 0.480 e. The van der Waals surface area contributed by atoms with Gasteiger partial charge in [0.15, 0.2) is 0 Å². The highest BCUT2D eigenvalue weighted by Gasteiger charge is 2.24. The number of benzene rings is 1. The maximum Gasteiger partial charge on any atom is 0.323 e. The zero-order chi connectivity index (χ0) is 17.1. The Hall–Kier alpha value is -2.63. The first-order valence-corrected chi connectivity index (χ1v) is 7.43. The Morgan fingerprint density at radius 3 is 2.39 bits per heavy atom. The average Bonchev–Trinajstić information content (AvgIpc) is 2.91. The molecule has 0 saturated carbocycles. The monoisotopic (exact) mass is 315 g/mol. The van der Waals surface area contributed by atoms with Crippen LogP contribution in [0.1, 0.15) is 41.4 Å². The first kappa shape index (κ1) is 16.7. The first-order valence-electron chi connectivity index (χ1n) is 7.43. The SMILES string of the molecule is Cc1ccc(-n2ncc(C(=O)N(C)CC(=O)O)c2C(C)C)cc1. The van der Waals surface area contributed by atoms with Gasteiger partial charge in [-0.15, -0.1) is 0 Å². The predicted octanol–water partition coefficient (Wildman–Crippen LogP) is 2.46. The van der Waals surface area contributed by atoms with Crippen LogP contribution < -0.4 is 0 Å². The van der Waals surface area contributed by atoms with Gasteiger partial charge >= 0.3 is 5.97 Å². The molecule has 2 rings (SSSR count). The highest BCUT2D eigenvalue weighted by molar-refractivity contribution is 5.96. The van der Waals surface area contributed by atoms with Crippen LogP contribution in [-0.4, -0.2) is 45.3 Å². The maximum atomic E-state index is 12.5. The number of carboxylic acid groups (broad SMARTS) is 1. The van der Waals surface area contributed by atoms with E-state index in [4.69, 9.17) is 5.11 Å². The molecule has 0 aliphatic carbocycles. The first-order chi connectivity index (χ1) is 10.8. The van der Waals surface area contributed by atoms with Gasteiger partial charge in [0.25, 0.3) is 5.91 Å². The number of carboxylic acids is 1. The highest BCUT2D eigenvalue weighted by atomic mass is 16.4. The number of amides is 1. The number of hydrogen-bond acceptors (Lipinski definition) is 3. The molecule has 2 aromatic rings. The van der Waals surface area contributed by atoms with E-state index >= 15 is 0 Å². The standard InChI is InChI=1S/C17H21N3O3/c1-11(2)16-14(17(23)19(4)10-15(21)22)9-18-20(16)13-7-5-12(3)6-8-13/h5-9,11H,10H2,1-4H3,(H,21,22). The summed E-state index contributed by atoms with van der Waals surface area (Å²) in [5.41, 5.74) is 3.23. The molecule has 1 N–H and O–H groups in total. The molecular weight excluding hydrogens is 294 g/mol. The molecule has 6 heteroatoms. The molecule has 1 aromatic carbocycles. The third kappa shape index (κ3) is 3.59. The molecule has 1 heterocycles. The second kappa shape index (κ2) is 6.64. The summed E-state index contributed by atoms with van der Waals surface area (Å²) in [6, 6.07) is 7.87. The number of carbonyl (C=O) groups is 2. The summed E-state index contributed by atoms with van der Waals surface area (Å²) >= 11 is 0. The van der Waals surface area contributed by atoms with E-state index in [0.29, 0.717) is 5.56 Å². The van der Waals surface area contributed by atoms with Gasteiger partial charge < -0.3 is 10.0 Å². The van der Waals surface area contributed by atoms with Crippen LogP contribution in [0.3, 0.4) is 0 Å². The van der Waals surface area contributed by atoms with Crippen molar-refractivity contribution >= 4 is 11.9 Å². The molecule has 122 valence electrons. The number of rotatable bonds is 5. The van der Waals surface area contributed by atoms with Crippen LogP contribution in [0.4, 0.5) is 0 Å². The summed E-state index contributed by atoms with van der Waals surface area (Å²) < 4.78 is 1.74. The van der Waals surface area contributed by atoms with Crippen LogP contribution in [0.25, 0.3) is 5.69 Å². The molecule has 0 unspecified atom stereocenters. The fourth-order valence-electron chi connectivity index (χ4n) is 2.45. The van der Waals surface area contributed by atoms with Crippen molar-refractivity contribution in [2.45, 2.75) is 26.7 Å². The minimum atomic E-state index is -1.04. The van der Waals surface area contributed by atoms with Gasteiger partial charge in [-0.25, -0.2) is 4.68 Å². The van der Waals surface area contributed by atoms with E-state index in [1.807, 2.05) is 45.0 Å². The van der Waals surface area contributed by atoms with Crippen LogP contribution >= 0.6 is 0 Å². The Kier molecular flexibility index (Phi) is 4.83. The van der Waals surface area contributed by atoms with Crippen LogP contribution in [0, 0.1) is 6.92 Å². The van der Waals surface area contributed by atoms with E-state index in [0.717, 1.165) is 16.9 Å². The lowest BCUT2D eigenvalue weighted by Gasteiger charge is -2.17. The minimum absolute atomic E-state index is 0.0657. The highest BCUT2D eigenvalue weighted by Crippen LogP contribution is 2.24. The summed E-state index contributed by atoms with van der Waals surface area (Å²) in [6.07, 6.45) is 1.51. The Labute approximate surface area is 135 Å². The van der Waals surface area contributed by atoms with Crippen LogP contribution in [0.2, 0.25) is 0 Å². The molecule has 0 bridgehead atoms. The van der Waals surface area contributed by atoms with Gasteiger partial charge in [0, 0.05) is 7.05 Å². The quantitative estimate of drug-likeness (QED) is 0.919. The number of aliphatic carboxylic acids is 1. The fourth-order valence-corrected chi connectivity index (χ4v) is 2.45. The molecule has 23 heavy (non-hydrogen) atoms. The Morgan fingerprint density at radius 2 is 1.87 bits per heavy atom. The van der Waals surface area contributed by atoms with E-state index in [9.17, 15) is 9.59 Å². The van der Waals surface area contributed by atoms with Gasteiger partial charge in [-0.05, 0) is 25.0 Å². The topological polar surface area (TPSA) is 75.4 Å². The third-order valence-electron chi connectivity index (χ3n) is 3.58. The van der Waals surface area contributed by atoms with E-state index < -0.39 is 5.97 Å². The summed E-state index contributed by atoms with van der Waals surface area (Å²) in [4.78, 5) is 24.5. The van der Waals surface area contributed by atoms with E-state index in [2.05, 4.69) is 5.10 Å². The Balaban J connectivity index is 2.44. The van der Waals surface area contributed by atoms with Gasteiger partial charge in [-0.2, -0.15) is 5.10 Å². The van der Waals surface area contributed by atoms with Crippen molar-refractivity contribution in [2.24, 2.45) is 0 Å². The molecule has 0 radical (unpaired) electrons. The smallest absolute Gasteiger partial charge is 0.323 e. The van der Waals surface area contributed by atoms with Crippen molar-refractivity contribution in [3.8, 4) is 5.69 Å². The van der Waals surface area contributed by atoms with Gasteiger partial charge in [0.1, 0.15) is 6.54 Å². The number of nitrogens with zero attached hydrogens (tertiary/aromatic N) is 3. The van der Waals surface area contributed by atoms with Gasteiger partial charge in [0.2, 0.25) is 0 Å². The van der Waals surface area contributed by atoms with Gasteiger partial charge in [0.05, 0.1) is 23.1 Å². The minimum Gasteiger partial charge on any atom is -0.480 e.